The minimum absolute atomic E-state index is 0.239. The lowest BCUT2D eigenvalue weighted by molar-refractivity contribution is -0.132. The van der Waals surface area contributed by atoms with Crippen LogP contribution in [0.25, 0.3) is 17.3 Å². The SMILES string of the molecule is COc1c(CCCOCC2CC2)cccc1-c1csc(NC(=O)c2cc(F)c(C=C(C)C(=O)O)c(F)c2)n1. The number of carbonyl (C=O) groups is 2. The number of para-hydroxylation sites is 1. The fraction of sp³-hybridized carbons (Fsp3) is 0.321. The van der Waals surface area contributed by atoms with E-state index < -0.39 is 29.1 Å². The number of aliphatic carboxylic acids is 1. The Kier molecular flexibility index (Phi) is 8.85. The molecule has 3 aromatic rings. The van der Waals surface area contributed by atoms with Crippen LogP contribution in [0.4, 0.5) is 13.9 Å². The van der Waals surface area contributed by atoms with Crippen LogP contribution in [0.2, 0.25) is 0 Å². The van der Waals surface area contributed by atoms with Crippen molar-refractivity contribution in [3.05, 3.63) is 69.6 Å². The Morgan fingerprint density at radius 2 is 1.97 bits per heavy atom. The highest BCUT2D eigenvalue weighted by molar-refractivity contribution is 7.14. The monoisotopic (exact) mass is 542 g/mol. The summed E-state index contributed by atoms with van der Waals surface area (Å²) in [5.41, 5.74) is 1.36. The van der Waals surface area contributed by atoms with E-state index in [1.165, 1.54) is 31.1 Å². The number of carboxylic acids is 1. The second-order valence-electron chi connectivity index (χ2n) is 9.10. The average Bonchev–Trinajstić information content (AvgIpc) is 3.60. The molecule has 10 heteroatoms. The van der Waals surface area contributed by atoms with E-state index in [0.29, 0.717) is 18.1 Å². The molecular weight excluding hydrogens is 514 g/mol. The molecule has 0 bridgehead atoms. The van der Waals surface area contributed by atoms with Crippen LogP contribution in [-0.4, -0.2) is 42.3 Å². The zero-order chi connectivity index (χ0) is 27.2. The zero-order valence-electron chi connectivity index (χ0n) is 21.1. The van der Waals surface area contributed by atoms with E-state index in [1.807, 2.05) is 18.2 Å². The number of anilines is 1. The number of carboxylic acid groups (broad SMARTS) is 1. The summed E-state index contributed by atoms with van der Waals surface area (Å²) < 4.78 is 40.3. The van der Waals surface area contributed by atoms with Gasteiger partial charge in [-0.1, -0.05) is 12.1 Å². The number of ether oxygens (including phenoxy) is 2. The molecule has 4 rings (SSSR count). The topological polar surface area (TPSA) is 97.8 Å². The molecule has 200 valence electrons. The molecule has 0 atom stereocenters. The number of aryl methyl sites for hydroxylation is 1. The summed E-state index contributed by atoms with van der Waals surface area (Å²) in [4.78, 5) is 28.1. The lowest BCUT2D eigenvalue weighted by atomic mass is 10.0. The number of methoxy groups -OCH3 is 1. The van der Waals surface area contributed by atoms with Gasteiger partial charge in [0.2, 0.25) is 0 Å². The van der Waals surface area contributed by atoms with E-state index in [-0.39, 0.29) is 16.3 Å². The van der Waals surface area contributed by atoms with Gasteiger partial charge in [-0.3, -0.25) is 10.1 Å². The first-order valence-corrected chi connectivity index (χ1v) is 13.1. The fourth-order valence-electron chi connectivity index (χ4n) is 3.88. The Morgan fingerprint density at radius 1 is 1.24 bits per heavy atom. The van der Waals surface area contributed by atoms with E-state index in [2.05, 4.69) is 10.3 Å². The second kappa shape index (κ2) is 12.3. The van der Waals surface area contributed by atoms with Crippen LogP contribution >= 0.6 is 11.3 Å². The number of rotatable bonds is 12. The van der Waals surface area contributed by atoms with E-state index in [0.717, 1.165) is 54.7 Å². The van der Waals surface area contributed by atoms with Crippen LogP contribution < -0.4 is 10.1 Å². The third-order valence-corrected chi connectivity index (χ3v) is 6.88. The number of thiazole rings is 1. The highest BCUT2D eigenvalue weighted by Crippen LogP contribution is 2.35. The van der Waals surface area contributed by atoms with Crippen molar-refractivity contribution in [2.24, 2.45) is 5.92 Å². The molecule has 0 aliphatic heterocycles. The summed E-state index contributed by atoms with van der Waals surface area (Å²) in [5.74, 6) is -2.71. The Hall–Kier alpha value is -3.63. The van der Waals surface area contributed by atoms with Gasteiger partial charge in [-0.2, -0.15) is 0 Å². The smallest absolute Gasteiger partial charge is 0.331 e. The first kappa shape index (κ1) is 27.4. The van der Waals surface area contributed by atoms with Gasteiger partial charge in [-0.15, -0.1) is 11.3 Å². The van der Waals surface area contributed by atoms with Gasteiger partial charge in [-0.05, 0) is 68.4 Å². The van der Waals surface area contributed by atoms with Gasteiger partial charge in [0, 0.05) is 40.9 Å². The van der Waals surface area contributed by atoms with E-state index in [1.54, 1.807) is 12.5 Å². The lowest BCUT2D eigenvalue weighted by Gasteiger charge is -2.12. The minimum Gasteiger partial charge on any atom is -0.496 e. The summed E-state index contributed by atoms with van der Waals surface area (Å²) in [6, 6.07) is 7.51. The second-order valence-corrected chi connectivity index (χ2v) is 9.96. The van der Waals surface area contributed by atoms with Crippen LogP contribution in [0.5, 0.6) is 5.75 Å². The first-order chi connectivity index (χ1) is 18.3. The number of nitrogens with zero attached hydrogens (tertiary/aromatic N) is 1. The maximum absolute atomic E-state index is 14.5. The number of carbonyl (C=O) groups excluding carboxylic acids is 1. The van der Waals surface area contributed by atoms with Crippen LogP contribution in [-0.2, 0) is 16.0 Å². The Labute approximate surface area is 223 Å². The predicted octanol–water partition coefficient (Wildman–Crippen LogP) is 6.20. The number of hydrogen-bond donors (Lipinski definition) is 2. The summed E-state index contributed by atoms with van der Waals surface area (Å²) in [7, 11) is 1.60. The first-order valence-electron chi connectivity index (χ1n) is 12.2. The van der Waals surface area contributed by atoms with Crippen LogP contribution in [0.15, 0.2) is 41.3 Å². The number of benzene rings is 2. The highest BCUT2D eigenvalue weighted by atomic mass is 32.1. The average molecular weight is 543 g/mol. The van der Waals surface area contributed by atoms with Crippen molar-refractivity contribution in [2.45, 2.75) is 32.6 Å². The summed E-state index contributed by atoms with van der Waals surface area (Å²) in [6.07, 6.45) is 5.05. The van der Waals surface area contributed by atoms with E-state index in [9.17, 15) is 18.4 Å². The van der Waals surface area contributed by atoms with Gasteiger partial charge < -0.3 is 14.6 Å². The molecule has 1 saturated carbocycles. The molecule has 0 radical (unpaired) electrons. The molecule has 1 aliphatic rings. The van der Waals surface area contributed by atoms with Crippen molar-refractivity contribution >= 4 is 34.4 Å². The molecule has 1 amide bonds. The molecule has 0 saturated heterocycles. The Balaban J connectivity index is 1.45. The van der Waals surface area contributed by atoms with Crippen molar-refractivity contribution in [2.75, 3.05) is 25.6 Å². The molecule has 0 unspecified atom stereocenters. The number of hydrogen-bond acceptors (Lipinski definition) is 6. The fourth-order valence-corrected chi connectivity index (χ4v) is 4.58. The lowest BCUT2D eigenvalue weighted by Crippen LogP contribution is -2.13. The van der Waals surface area contributed by atoms with Crippen LogP contribution in [0.3, 0.4) is 0 Å². The standard InChI is InChI=1S/C28H28F2N2O5S/c1-16(27(34)35)11-21-22(29)12-19(13-23(21)30)26(33)32-28-31-24(15-38-28)20-7-3-5-18(25(20)36-2)6-4-10-37-14-17-8-9-17/h3,5,7,11-13,15,17H,4,6,8-10,14H2,1-2H3,(H,34,35)(H,31,32,33). The maximum atomic E-state index is 14.5. The van der Waals surface area contributed by atoms with Gasteiger partial charge in [0.05, 0.1) is 12.8 Å². The van der Waals surface area contributed by atoms with Crippen molar-refractivity contribution in [3.63, 3.8) is 0 Å². The number of aromatic nitrogens is 1. The minimum atomic E-state index is -1.30. The van der Waals surface area contributed by atoms with E-state index in [4.69, 9.17) is 14.6 Å². The molecule has 1 aromatic heterocycles. The Bertz CT molecular complexity index is 1340. The summed E-state index contributed by atoms with van der Waals surface area (Å²) in [6.45, 7) is 2.74. The predicted molar refractivity (Wildman–Crippen MR) is 142 cm³/mol. The zero-order valence-corrected chi connectivity index (χ0v) is 21.9. The number of nitrogens with one attached hydrogen (secondary N) is 1. The molecular formula is C28H28F2N2O5S. The summed E-state index contributed by atoms with van der Waals surface area (Å²) in [5, 5.41) is 13.5. The molecule has 38 heavy (non-hydrogen) atoms. The molecule has 2 N–H and O–H groups in total. The van der Waals surface area contributed by atoms with Gasteiger partial charge >= 0.3 is 5.97 Å². The van der Waals surface area contributed by atoms with Gasteiger partial charge in [-0.25, -0.2) is 18.6 Å². The molecule has 1 aliphatic carbocycles. The third-order valence-electron chi connectivity index (χ3n) is 6.13. The normalized spacial score (nSPS) is 13.4. The molecule has 7 nitrogen and oxygen atoms in total. The molecule has 1 heterocycles. The van der Waals surface area contributed by atoms with Gasteiger partial charge in [0.25, 0.3) is 5.91 Å². The summed E-state index contributed by atoms with van der Waals surface area (Å²) >= 11 is 1.17. The largest absolute Gasteiger partial charge is 0.496 e. The quantitative estimate of drug-likeness (QED) is 0.209. The highest BCUT2D eigenvalue weighted by Gasteiger charge is 2.21. The van der Waals surface area contributed by atoms with Crippen molar-refractivity contribution in [3.8, 4) is 17.0 Å². The molecule has 2 aromatic carbocycles. The number of halogens is 2. The third kappa shape index (κ3) is 6.81. The Morgan fingerprint density at radius 3 is 2.63 bits per heavy atom. The molecule has 1 fully saturated rings. The van der Waals surface area contributed by atoms with Gasteiger partial charge in [0.15, 0.2) is 5.13 Å². The van der Waals surface area contributed by atoms with Crippen LogP contribution in [0, 0.1) is 17.6 Å². The van der Waals surface area contributed by atoms with Crippen molar-refractivity contribution in [1.82, 2.24) is 4.98 Å². The van der Waals surface area contributed by atoms with Crippen molar-refractivity contribution in [1.29, 1.82) is 0 Å². The number of amides is 1. The molecule has 0 spiro atoms. The maximum Gasteiger partial charge on any atom is 0.331 e. The van der Waals surface area contributed by atoms with Crippen molar-refractivity contribution < 1.29 is 33.0 Å². The van der Waals surface area contributed by atoms with Gasteiger partial charge in [0.1, 0.15) is 17.4 Å². The van der Waals surface area contributed by atoms with E-state index >= 15 is 0 Å². The van der Waals surface area contributed by atoms with Crippen LogP contribution in [0.1, 0.15) is 47.7 Å².